The van der Waals surface area contributed by atoms with Crippen molar-refractivity contribution < 1.29 is 18.6 Å². The standard InChI is InChI=1S/C7H8FN2O2/c1-12-7(11)5-2-6(8)4-10(9)3-5/h2-4H,9H2,1H3/q+1. The highest BCUT2D eigenvalue weighted by molar-refractivity contribution is 5.88. The molecule has 0 aromatic carbocycles. The Labute approximate surface area is 68.3 Å². The Morgan fingerprint density at radius 2 is 2.33 bits per heavy atom. The van der Waals surface area contributed by atoms with Gasteiger partial charge in [0, 0.05) is 6.07 Å². The minimum absolute atomic E-state index is 0.0833. The number of rotatable bonds is 1. The fraction of sp³-hybridized carbons (Fsp3) is 0.143. The third kappa shape index (κ3) is 1.69. The fourth-order valence-corrected chi connectivity index (χ4v) is 0.793. The Balaban J connectivity index is 3.08. The average molecular weight is 171 g/mol. The van der Waals surface area contributed by atoms with Crippen molar-refractivity contribution in [3.8, 4) is 0 Å². The summed E-state index contributed by atoms with van der Waals surface area (Å²) in [7, 11) is 1.22. The van der Waals surface area contributed by atoms with Crippen molar-refractivity contribution >= 4 is 5.97 Å². The van der Waals surface area contributed by atoms with E-state index in [4.69, 9.17) is 5.84 Å². The number of nitrogens with two attached hydrogens (primary N) is 1. The third-order valence-electron chi connectivity index (χ3n) is 1.28. The second kappa shape index (κ2) is 3.17. The molecule has 5 heteroatoms. The lowest BCUT2D eigenvalue weighted by Gasteiger charge is -1.95. The van der Waals surface area contributed by atoms with E-state index in [9.17, 15) is 9.18 Å². The molecule has 1 rings (SSSR count). The van der Waals surface area contributed by atoms with Gasteiger partial charge < -0.3 is 4.74 Å². The van der Waals surface area contributed by atoms with Gasteiger partial charge in [0.15, 0.2) is 5.82 Å². The van der Waals surface area contributed by atoms with E-state index in [1.165, 1.54) is 13.3 Å². The molecule has 0 aliphatic heterocycles. The van der Waals surface area contributed by atoms with E-state index in [0.29, 0.717) is 0 Å². The first kappa shape index (κ1) is 8.45. The molecule has 0 aliphatic rings. The number of hydrogen-bond acceptors (Lipinski definition) is 3. The summed E-state index contributed by atoms with van der Waals surface area (Å²) < 4.78 is 17.9. The Bertz CT molecular complexity index is 294. The maximum absolute atomic E-state index is 12.6. The highest BCUT2D eigenvalue weighted by Gasteiger charge is 2.12. The molecule has 0 radical (unpaired) electrons. The molecule has 0 saturated carbocycles. The fourth-order valence-electron chi connectivity index (χ4n) is 0.793. The number of pyridine rings is 1. The lowest BCUT2D eigenvalue weighted by Crippen LogP contribution is -2.44. The van der Waals surface area contributed by atoms with Crippen LogP contribution in [0.4, 0.5) is 4.39 Å². The van der Waals surface area contributed by atoms with Crippen molar-refractivity contribution in [2.45, 2.75) is 0 Å². The molecule has 1 aromatic heterocycles. The SMILES string of the molecule is COC(=O)c1cc(F)c[n+](N)c1. The van der Waals surface area contributed by atoms with E-state index >= 15 is 0 Å². The van der Waals surface area contributed by atoms with Crippen LogP contribution in [0.15, 0.2) is 18.5 Å². The van der Waals surface area contributed by atoms with Crippen LogP contribution >= 0.6 is 0 Å². The molecular weight excluding hydrogens is 163 g/mol. The lowest BCUT2D eigenvalue weighted by atomic mass is 10.3. The zero-order valence-corrected chi connectivity index (χ0v) is 6.45. The molecule has 4 nitrogen and oxygen atoms in total. The number of halogens is 1. The van der Waals surface area contributed by atoms with Gasteiger partial charge in [-0.25, -0.2) is 15.0 Å². The van der Waals surface area contributed by atoms with E-state index in [2.05, 4.69) is 4.74 Å². The number of carbonyl (C=O) groups is 1. The highest BCUT2D eigenvalue weighted by atomic mass is 19.1. The van der Waals surface area contributed by atoms with Crippen LogP contribution < -0.4 is 10.5 Å². The molecule has 0 spiro atoms. The Kier molecular flexibility index (Phi) is 2.23. The summed E-state index contributed by atoms with van der Waals surface area (Å²) >= 11 is 0. The number of methoxy groups -OCH3 is 1. The molecule has 0 fully saturated rings. The second-order valence-electron chi connectivity index (χ2n) is 2.18. The van der Waals surface area contributed by atoms with Gasteiger partial charge in [0.05, 0.1) is 7.11 Å². The average Bonchev–Trinajstić information content (AvgIpc) is 2.01. The Hall–Kier alpha value is -1.65. The Morgan fingerprint density at radius 3 is 2.83 bits per heavy atom. The summed E-state index contributed by atoms with van der Waals surface area (Å²) in [4.78, 5) is 10.9. The normalized spacial score (nSPS) is 9.50. The van der Waals surface area contributed by atoms with E-state index in [-0.39, 0.29) is 5.56 Å². The van der Waals surface area contributed by atoms with Crippen LogP contribution in [-0.4, -0.2) is 13.1 Å². The van der Waals surface area contributed by atoms with Gasteiger partial charge in [0.2, 0.25) is 12.4 Å². The zero-order chi connectivity index (χ0) is 9.14. The van der Waals surface area contributed by atoms with Gasteiger partial charge in [0.25, 0.3) is 0 Å². The number of aromatic nitrogens is 1. The van der Waals surface area contributed by atoms with Gasteiger partial charge in [-0.05, 0) is 0 Å². The molecule has 0 atom stereocenters. The van der Waals surface area contributed by atoms with Crippen LogP contribution in [0.2, 0.25) is 0 Å². The van der Waals surface area contributed by atoms with E-state index in [1.807, 2.05) is 0 Å². The minimum atomic E-state index is -0.617. The number of nitrogens with zero attached hydrogens (tertiary/aromatic N) is 1. The van der Waals surface area contributed by atoms with E-state index in [1.54, 1.807) is 0 Å². The van der Waals surface area contributed by atoms with Crippen LogP contribution in [0.25, 0.3) is 0 Å². The molecule has 12 heavy (non-hydrogen) atoms. The molecule has 0 aliphatic carbocycles. The van der Waals surface area contributed by atoms with Gasteiger partial charge >= 0.3 is 5.97 Å². The van der Waals surface area contributed by atoms with E-state index < -0.39 is 11.8 Å². The Morgan fingerprint density at radius 1 is 1.67 bits per heavy atom. The molecular formula is C7H8FN2O2+. The van der Waals surface area contributed by atoms with Crippen LogP contribution in [0.5, 0.6) is 0 Å². The molecule has 2 N–H and O–H groups in total. The molecule has 0 bridgehead atoms. The summed E-state index contributed by atoms with van der Waals surface area (Å²) in [5, 5.41) is 0. The van der Waals surface area contributed by atoms with Crippen LogP contribution in [0, 0.1) is 5.82 Å². The quantitative estimate of drug-likeness (QED) is 0.356. The van der Waals surface area contributed by atoms with Gasteiger partial charge in [-0.3, -0.25) is 0 Å². The van der Waals surface area contributed by atoms with Crippen molar-refractivity contribution in [1.82, 2.24) is 0 Å². The van der Waals surface area contributed by atoms with Crippen molar-refractivity contribution in [1.29, 1.82) is 0 Å². The second-order valence-corrected chi connectivity index (χ2v) is 2.18. The topological polar surface area (TPSA) is 56.2 Å². The minimum Gasteiger partial charge on any atom is -0.465 e. The monoisotopic (exact) mass is 171 g/mol. The zero-order valence-electron chi connectivity index (χ0n) is 6.45. The van der Waals surface area contributed by atoms with E-state index in [0.717, 1.165) is 16.9 Å². The lowest BCUT2D eigenvalue weighted by molar-refractivity contribution is -0.640. The van der Waals surface area contributed by atoms with Crippen molar-refractivity contribution in [2.24, 2.45) is 0 Å². The van der Waals surface area contributed by atoms with Crippen molar-refractivity contribution in [3.63, 3.8) is 0 Å². The summed E-state index contributed by atoms with van der Waals surface area (Å²) in [6, 6.07) is 1.05. The first-order valence-corrected chi connectivity index (χ1v) is 3.18. The van der Waals surface area contributed by atoms with Crippen molar-refractivity contribution in [3.05, 3.63) is 29.8 Å². The predicted molar refractivity (Wildman–Crippen MR) is 38.1 cm³/mol. The van der Waals surface area contributed by atoms with Crippen LogP contribution in [0.3, 0.4) is 0 Å². The molecule has 0 amide bonds. The van der Waals surface area contributed by atoms with Crippen LogP contribution in [0.1, 0.15) is 10.4 Å². The summed E-state index contributed by atoms with van der Waals surface area (Å²) in [6.45, 7) is 0. The van der Waals surface area contributed by atoms with Crippen molar-refractivity contribution in [2.75, 3.05) is 13.0 Å². The first-order chi connectivity index (χ1) is 5.63. The van der Waals surface area contributed by atoms with Gasteiger partial charge in [-0.15, -0.1) is 0 Å². The summed E-state index contributed by atoms with van der Waals surface area (Å²) in [5.74, 6) is 4.02. The third-order valence-corrected chi connectivity index (χ3v) is 1.28. The largest absolute Gasteiger partial charge is 0.465 e. The number of nitrogen functional groups attached to an aromatic ring is 1. The predicted octanol–water partition coefficient (Wildman–Crippen LogP) is -0.386. The van der Waals surface area contributed by atoms with Gasteiger partial charge in [0.1, 0.15) is 5.56 Å². The molecule has 1 aromatic rings. The maximum atomic E-state index is 12.6. The van der Waals surface area contributed by atoms with Gasteiger partial charge in [-0.1, -0.05) is 4.68 Å². The summed E-state index contributed by atoms with van der Waals surface area (Å²) in [5.41, 5.74) is 0.0833. The molecule has 0 unspecified atom stereocenters. The first-order valence-electron chi connectivity index (χ1n) is 3.18. The molecule has 64 valence electrons. The molecule has 1 heterocycles. The number of carbonyl (C=O) groups excluding carboxylic acids is 1. The number of ether oxygens (including phenoxy) is 1. The van der Waals surface area contributed by atoms with Gasteiger partial charge in [-0.2, -0.15) is 0 Å². The van der Waals surface area contributed by atoms with Crippen LogP contribution in [-0.2, 0) is 4.74 Å². The smallest absolute Gasteiger partial charge is 0.344 e. The molecule has 0 saturated heterocycles. The number of esters is 1. The maximum Gasteiger partial charge on any atom is 0.344 e. The summed E-state index contributed by atoms with van der Waals surface area (Å²) in [6.07, 6.45) is 2.32. The number of hydrogen-bond donors (Lipinski definition) is 1. The highest BCUT2D eigenvalue weighted by Crippen LogP contribution is 1.99.